The average molecular weight is 462 g/mol. The van der Waals surface area contributed by atoms with Gasteiger partial charge in [-0.25, -0.2) is 4.79 Å². The van der Waals surface area contributed by atoms with Crippen molar-refractivity contribution in [3.8, 4) is 11.3 Å². The largest absolute Gasteiger partial charge is 0.466 e. The van der Waals surface area contributed by atoms with Crippen molar-refractivity contribution < 1.29 is 14.3 Å². The zero-order chi connectivity index (χ0) is 24.2. The van der Waals surface area contributed by atoms with Crippen molar-refractivity contribution >= 4 is 23.5 Å². The molecule has 1 aliphatic heterocycles. The third kappa shape index (κ3) is 4.46. The molecule has 0 aliphatic carbocycles. The number of fused-ring (bicyclic) bond motifs is 1. The smallest absolute Gasteiger partial charge is 0.335 e. The quantitative estimate of drug-likeness (QED) is 0.304. The summed E-state index contributed by atoms with van der Waals surface area (Å²) in [5.74, 6) is -0.713. The number of methoxy groups -OCH3 is 1. The summed E-state index contributed by atoms with van der Waals surface area (Å²) in [6.45, 7) is 0.524. The Bertz CT molecular complexity index is 1440. The van der Waals surface area contributed by atoms with Gasteiger partial charge in [0, 0.05) is 11.1 Å². The number of hydrogen-bond acceptors (Lipinski definition) is 5. The Hall–Kier alpha value is -4.58. The number of ether oxygens (including phenoxy) is 1. The van der Waals surface area contributed by atoms with Crippen molar-refractivity contribution in [1.29, 1.82) is 0 Å². The maximum absolute atomic E-state index is 13.7. The minimum atomic E-state index is -0.494. The van der Waals surface area contributed by atoms with Crippen molar-refractivity contribution in [2.45, 2.75) is 6.54 Å². The zero-order valence-corrected chi connectivity index (χ0v) is 19.2. The maximum Gasteiger partial charge on any atom is 0.335 e. The number of hydrogen-bond donors (Lipinski definition) is 0. The number of benzene rings is 3. The van der Waals surface area contributed by atoms with E-state index in [1.165, 1.54) is 7.11 Å². The Labute approximate surface area is 203 Å². The molecule has 0 unspecified atom stereocenters. The molecule has 0 spiro atoms. The highest BCUT2D eigenvalue weighted by Crippen LogP contribution is 2.32. The van der Waals surface area contributed by atoms with Crippen LogP contribution in [0.15, 0.2) is 102 Å². The lowest BCUT2D eigenvalue weighted by atomic mass is 9.95. The number of aromatic nitrogens is 2. The van der Waals surface area contributed by atoms with Crippen molar-refractivity contribution in [3.63, 3.8) is 0 Å². The van der Waals surface area contributed by atoms with E-state index in [0.29, 0.717) is 28.9 Å². The molecule has 1 aromatic heterocycles. The van der Waals surface area contributed by atoms with E-state index in [0.717, 1.165) is 16.8 Å². The molecule has 35 heavy (non-hydrogen) atoms. The summed E-state index contributed by atoms with van der Waals surface area (Å²) >= 11 is 0. The van der Waals surface area contributed by atoms with Gasteiger partial charge in [-0.1, -0.05) is 91.0 Å². The molecule has 0 saturated heterocycles. The number of nitrogens with zero attached hydrogens (tertiary/aromatic N) is 3. The van der Waals surface area contributed by atoms with Crippen molar-refractivity contribution in [1.82, 2.24) is 9.78 Å². The second-order valence-electron chi connectivity index (χ2n) is 8.14. The van der Waals surface area contributed by atoms with Crippen LogP contribution >= 0.6 is 0 Å². The van der Waals surface area contributed by atoms with Crippen LogP contribution in [0.5, 0.6) is 0 Å². The van der Waals surface area contributed by atoms with Crippen molar-refractivity contribution in [2.75, 3.05) is 13.7 Å². The molecular weight excluding hydrogens is 438 g/mol. The summed E-state index contributed by atoms with van der Waals surface area (Å²) in [4.78, 5) is 30.8. The van der Waals surface area contributed by atoms with Crippen LogP contribution in [0.2, 0.25) is 0 Å². The first-order valence-corrected chi connectivity index (χ1v) is 11.3. The molecule has 0 amide bonds. The Kier molecular flexibility index (Phi) is 6.18. The highest BCUT2D eigenvalue weighted by Gasteiger charge is 2.30. The molecule has 0 saturated carbocycles. The second kappa shape index (κ2) is 9.73. The third-order valence-corrected chi connectivity index (χ3v) is 5.86. The SMILES string of the molecule is COC(=O)C1=Cc2nn(Cc3ccccc3)c(-c3ccccc3)c2C(C(=O)c2ccccc2)=NC1. The fourth-order valence-corrected chi connectivity index (χ4v) is 4.20. The van der Waals surface area contributed by atoms with E-state index < -0.39 is 5.97 Å². The van der Waals surface area contributed by atoms with E-state index in [2.05, 4.69) is 4.99 Å². The van der Waals surface area contributed by atoms with Gasteiger partial charge in [0.2, 0.25) is 5.78 Å². The molecule has 0 N–H and O–H groups in total. The second-order valence-corrected chi connectivity index (χ2v) is 8.14. The first-order chi connectivity index (χ1) is 17.2. The summed E-state index contributed by atoms with van der Waals surface area (Å²) in [5, 5.41) is 4.88. The monoisotopic (exact) mass is 461 g/mol. The molecule has 4 aromatic rings. The maximum atomic E-state index is 13.7. The molecule has 0 bridgehead atoms. The van der Waals surface area contributed by atoms with E-state index >= 15 is 0 Å². The lowest BCUT2D eigenvalue weighted by Gasteiger charge is -2.12. The number of esters is 1. The number of Topliss-reactive ketones (excluding diaryl/α,β-unsaturated/α-hetero) is 1. The van der Waals surface area contributed by atoms with Gasteiger partial charge in [-0.15, -0.1) is 0 Å². The highest BCUT2D eigenvalue weighted by molar-refractivity contribution is 6.53. The van der Waals surface area contributed by atoms with Crippen LogP contribution in [-0.2, 0) is 16.1 Å². The molecule has 0 radical (unpaired) electrons. The van der Waals surface area contributed by atoms with Gasteiger partial charge in [0.25, 0.3) is 0 Å². The van der Waals surface area contributed by atoms with Gasteiger partial charge >= 0.3 is 5.97 Å². The van der Waals surface area contributed by atoms with Crippen LogP contribution in [0, 0.1) is 0 Å². The molecule has 0 atom stereocenters. The van der Waals surface area contributed by atoms with Crippen LogP contribution in [0.3, 0.4) is 0 Å². The van der Waals surface area contributed by atoms with E-state index in [9.17, 15) is 9.59 Å². The predicted molar refractivity (Wildman–Crippen MR) is 135 cm³/mol. The topological polar surface area (TPSA) is 73.5 Å². The van der Waals surface area contributed by atoms with Gasteiger partial charge in [0.05, 0.1) is 42.7 Å². The van der Waals surface area contributed by atoms with Crippen LogP contribution in [0.1, 0.15) is 27.2 Å². The fraction of sp³-hybridized carbons (Fsp3) is 0.103. The van der Waals surface area contributed by atoms with Crippen LogP contribution in [0.4, 0.5) is 0 Å². The Morgan fingerprint density at radius 2 is 1.51 bits per heavy atom. The molecular formula is C29H23N3O3. The van der Waals surface area contributed by atoms with E-state index in [1.54, 1.807) is 18.2 Å². The summed E-state index contributed by atoms with van der Waals surface area (Å²) in [7, 11) is 1.33. The molecule has 6 heteroatoms. The normalized spacial score (nSPS) is 12.7. The molecule has 6 nitrogen and oxygen atoms in total. The molecule has 3 aromatic carbocycles. The van der Waals surface area contributed by atoms with Crippen molar-refractivity contribution in [2.24, 2.45) is 4.99 Å². The summed E-state index contributed by atoms with van der Waals surface area (Å²) < 4.78 is 6.84. The van der Waals surface area contributed by atoms with Gasteiger partial charge < -0.3 is 4.74 Å². The number of carbonyl (C=O) groups is 2. The van der Waals surface area contributed by atoms with E-state index in [1.807, 2.05) is 83.5 Å². The standard InChI is InChI=1S/C29H23N3O3/c1-35-29(34)23-17-24-25(26(30-18-23)28(33)22-15-9-4-10-16-22)27(21-13-7-3-8-14-21)32(31-24)19-20-11-5-2-6-12-20/h2-17H,18-19H2,1H3. The lowest BCUT2D eigenvalue weighted by molar-refractivity contribution is -0.136. The minimum absolute atomic E-state index is 0.0316. The third-order valence-electron chi connectivity index (χ3n) is 5.86. The number of rotatable bonds is 6. The first kappa shape index (κ1) is 22.2. The number of ketones is 1. The molecule has 5 rings (SSSR count). The summed E-state index contributed by atoms with van der Waals surface area (Å²) in [6, 6.07) is 28.8. The van der Waals surface area contributed by atoms with E-state index in [-0.39, 0.29) is 18.0 Å². The Morgan fingerprint density at radius 1 is 0.886 bits per heavy atom. The summed E-state index contributed by atoms with van der Waals surface area (Å²) in [6.07, 6.45) is 1.68. The molecule has 0 fully saturated rings. The Balaban J connectivity index is 1.75. The number of aliphatic imine (C=N–C) groups is 1. The highest BCUT2D eigenvalue weighted by atomic mass is 16.5. The number of carbonyl (C=O) groups excluding carboxylic acids is 2. The fourth-order valence-electron chi connectivity index (χ4n) is 4.20. The van der Waals surface area contributed by atoms with Crippen LogP contribution < -0.4 is 0 Å². The van der Waals surface area contributed by atoms with E-state index in [4.69, 9.17) is 9.84 Å². The predicted octanol–water partition coefficient (Wildman–Crippen LogP) is 4.84. The van der Waals surface area contributed by atoms with Crippen molar-refractivity contribution in [3.05, 3.63) is 119 Å². The van der Waals surface area contributed by atoms with Crippen LogP contribution in [0.25, 0.3) is 17.3 Å². The van der Waals surface area contributed by atoms with Gasteiger partial charge in [0.1, 0.15) is 5.71 Å². The average Bonchev–Trinajstić information content (AvgIpc) is 3.15. The van der Waals surface area contributed by atoms with Gasteiger partial charge in [-0.05, 0) is 11.6 Å². The summed E-state index contributed by atoms with van der Waals surface area (Å²) in [5.41, 5.74) is 5.00. The van der Waals surface area contributed by atoms with Gasteiger partial charge in [-0.2, -0.15) is 5.10 Å². The first-order valence-electron chi connectivity index (χ1n) is 11.3. The molecule has 1 aliphatic rings. The lowest BCUT2D eigenvalue weighted by Crippen LogP contribution is -2.18. The zero-order valence-electron chi connectivity index (χ0n) is 19.2. The minimum Gasteiger partial charge on any atom is -0.466 e. The molecule has 2 heterocycles. The molecule has 172 valence electrons. The van der Waals surface area contributed by atoms with Gasteiger partial charge in [-0.3, -0.25) is 14.5 Å². The Morgan fingerprint density at radius 3 is 2.17 bits per heavy atom. The van der Waals surface area contributed by atoms with Gasteiger partial charge in [0.15, 0.2) is 0 Å². The van der Waals surface area contributed by atoms with Crippen LogP contribution in [-0.4, -0.2) is 40.9 Å².